The lowest BCUT2D eigenvalue weighted by atomic mass is 9.78. The lowest BCUT2D eigenvalue weighted by Crippen LogP contribution is -2.41. The molecule has 0 saturated carbocycles. The number of hydrogen-bond donors (Lipinski definition) is 0. The van der Waals surface area contributed by atoms with E-state index >= 15 is 0 Å². The minimum Gasteiger partial charge on any atom is -0.399 e. The monoisotopic (exact) mass is 410 g/mol. The summed E-state index contributed by atoms with van der Waals surface area (Å²) in [6, 6.07) is 24.3. The minimum absolute atomic E-state index is 0.333. The molecule has 0 radical (unpaired) electrons. The molecule has 2 nitrogen and oxygen atoms in total. The van der Waals surface area contributed by atoms with E-state index in [9.17, 15) is 0 Å². The van der Waals surface area contributed by atoms with Crippen LogP contribution in [0.3, 0.4) is 0 Å². The van der Waals surface area contributed by atoms with Crippen molar-refractivity contribution in [2.45, 2.75) is 38.9 Å². The lowest BCUT2D eigenvalue weighted by Gasteiger charge is -2.32. The summed E-state index contributed by atoms with van der Waals surface area (Å²) in [4.78, 5) is 0. The van der Waals surface area contributed by atoms with Gasteiger partial charge >= 0.3 is 7.12 Å². The van der Waals surface area contributed by atoms with Gasteiger partial charge in [0.1, 0.15) is 0 Å². The molecule has 1 saturated heterocycles. The SMILES string of the molecule is CC1(C)OB(c2ccc3sc4c(ccc5c6ccccc6ccc54)c3c2)OC1(C)C. The van der Waals surface area contributed by atoms with Gasteiger partial charge in [-0.3, -0.25) is 0 Å². The highest BCUT2D eigenvalue weighted by molar-refractivity contribution is 7.26. The molecule has 0 unspecified atom stereocenters. The van der Waals surface area contributed by atoms with Gasteiger partial charge in [-0.1, -0.05) is 60.7 Å². The predicted octanol–water partition coefficient (Wildman–Crippen LogP) is 6.66. The molecule has 0 N–H and O–H groups in total. The first-order valence-corrected chi connectivity index (χ1v) is 11.3. The van der Waals surface area contributed by atoms with Crippen molar-refractivity contribution < 1.29 is 9.31 Å². The van der Waals surface area contributed by atoms with Crippen LogP contribution < -0.4 is 5.46 Å². The third-order valence-corrected chi connectivity index (χ3v) is 8.13. The Morgan fingerprint density at radius 1 is 0.667 bits per heavy atom. The first-order valence-electron chi connectivity index (χ1n) is 10.5. The second kappa shape index (κ2) is 6.07. The molecule has 1 fully saturated rings. The largest absolute Gasteiger partial charge is 0.494 e. The van der Waals surface area contributed by atoms with Crippen LogP contribution in [-0.2, 0) is 9.31 Å². The Bertz CT molecular complexity index is 1450. The topological polar surface area (TPSA) is 18.5 Å². The van der Waals surface area contributed by atoms with Crippen molar-refractivity contribution in [3.8, 4) is 0 Å². The van der Waals surface area contributed by atoms with Crippen LogP contribution in [0.5, 0.6) is 0 Å². The third kappa shape index (κ3) is 2.51. The van der Waals surface area contributed by atoms with Crippen molar-refractivity contribution in [2.24, 2.45) is 0 Å². The van der Waals surface area contributed by atoms with Crippen LogP contribution in [0.25, 0.3) is 41.7 Å². The molecule has 1 aliphatic heterocycles. The number of fused-ring (bicyclic) bond motifs is 7. The zero-order chi connectivity index (χ0) is 20.7. The smallest absolute Gasteiger partial charge is 0.399 e. The van der Waals surface area contributed by atoms with Crippen molar-refractivity contribution in [2.75, 3.05) is 0 Å². The number of rotatable bonds is 1. The molecule has 6 rings (SSSR count). The molecular formula is C26H23BO2S. The Morgan fingerprint density at radius 3 is 2.13 bits per heavy atom. The van der Waals surface area contributed by atoms with Crippen molar-refractivity contribution in [1.82, 2.24) is 0 Å². The zero-order valence-electron chi connectivity index (χ0n) is 17.7. The summed E-state index contributed by atoms with van der Waals surface area (Å²) in [7, 11) is -0.334. The fourth-order valence-corrected chi connectivity index (χ4v) is 5.68. The van der Waals surface area contributed by atoms with Crippen LogP contribution in [0.1, 0.15) is 27.7 Å². The molecule has 4 aromatic carbocycles. The molecule has 1 aromatic heterocycles. The molecule has 148 valence electrons. The van der Waals surface area contributed by atoms with Gasteiger partial charge < -0.3 is 9.31 Å². The van der Waals surface area contributed by atoms with E-state index in [-0.39, 0.29) is 18.3 Å². The maximum absolute atomic E-state index is 6.29. The molecule has 0 bridgehead atoms. The zero-order valence-corrected chi connectivity index (χ0v) is 18.5. The Morgan fingerprint density at radius 2 is 1.33 bits per heavy atom. The van der Waals surface area contributed by atoms with E-state index in [4.69, 9.17) is 9.31 Å². The lowest BCUT2D eigenvalue weighted by molar-refractivity contribution is 0.00578. The quantitative estimate of drug-likeness (QED) is 0.227. The average molecular weight is 410 g/mol. The maximum atomic E-state index is 6.29. The van der Waals surface area contributed by atoms with E-state index in [0.717, 1.165) is 5.46 Å². The molecule has 5 aromatic rings. The summed E-state index contributed by atoms with van der Waals surface area (Å²) < 4.78 is 15.2. The first-order chi connectivity index (χ1) is 14.3. The van der Waals surface area contributed by atoms with Crippen LogP contribution in [-0.4, -0.2) is 18.3 Å². The molecule has 30 heavy (non-hydrogen) atoms. The predicted molar refractivity (Wildman–Crippen MR) is 130 cm³/mol. The Hall–Kier alpha value is -2.40. The van der Waals surface area contributed by atoms with E-state index in [1.165, 1.54) is 41.7 Å². The average Bonchev–Trinajstić information content (AvgIpc) is 3.20. The number of benzene rings is 4. The Kier molecular flexibility index (Phi) is 3.72. The van der Waals surface area contributed by atoms with Crippen molar-refractivity contribution in [1.29, 1.82) is 0 Å². The van der Waals surface area contributed by atoms with Gasteiger partial charge in [0.15, 0.2) is 0 Å². The maximum Gasteiger partial charge on any atom is 0.494 e. The van der Waals surface area contributed by atoms with Crippen LogP contribution in [0.15, 0.2) is 66.7 Å². The van der Waals surface area contributed by atoms with Crippen molar-refractivity contribution in [3.05, 3.63) is 66.7 Å². The minimum atomic E-state index is -0.334. The summed E-state index contributed by atoms with van der Waals surface area (Å²) in [6.07, 6.45) is 0. The summed E-state index contributed by atoms with van der Waals surface area (Å²) in [6.45, 7) is 8.40. The van der Waals surface area contributed by atoms with Gasteiger partial charge in [0.2, 0.25) is 0 Å². The normalized spacial score (nSPS) is 18.2. The van der Waals surface area contributed by atoms with Crippen LogP contribution >= 0.6 is 11.3 Å². The second-order valence-corrected chi connectivity index (χ2v) is 10.3. The fraction of sp³-hybridized carbons (Fsp3) is 0.231. The van der Waals surface area contributed by atoms with Crippen molar-refractivity contribution in [3.63, 3.8) is 0 Å². The summed E-state index contributed by atoms with van der Waals surface area (Å²) >= 11 is 1.87. The highest BCUT2D eigenvalue weighted by Crippen LogP contribution is 2.41. The van der Waals surface area contributed by atoms with E-state index in [2.05, 4.69) is 94.4 Å². The Labute approximate surface area is 180 Å². The van der Waals surface area contributed by atoms with Gasteiger partial charge in [-0.05, 0) is 60.8 Å². The molecule has 0 aliphatic carbocycles. The second-order valence-electron chi connectivity index (χ2n) is 9.27. The summed E-state index contributed by atoms with van der Waals surface area (Å²) in [5, 5.41) is 7.82. The van der Waals surface area contributed by atoms with Crippen LogP contribution in [0, 0.1) is 0 Å². The molecule has 0 atom stereocenters. The molecular weight excluding hydrogens is 387 g/mol. The molecule has 0 amide bonds. The van der Waals surface area contributed by atoms with Gasteiger partial charge in [-0.15, -0.1) is 11.3 Å². The van der Waals surface area contributed by atoms with Gasteiger partial charge in [0.05, 0.1) is 11.2 Å². The van der Waals surface area contributed by atoms with Gasteiger partial charge in [-0.25, -0.2) is 0 Å². The first kappa shape index (κ1) is 18.4. The number of hydrogen-bond acceptors (Lipinski definition) is 3. The van der Waals surface area contributed by atoms with E-state index < -0.39 is 0 Å². The summed E-state index contributed by atoms with van der Waals surface area (Å²) in [5.74, 6) is 0. The highest BCUT2D eigenvalue weighted by atomic mass is 32.1. The molecule has 1 aliphatic rings. The Balaban J connectivity index is 1.55. The number of thiophene rings is 1. The third-order valence-electron chi connectivity index (χ3n) is 6.91. The highest BCUT2D eigenvalue weighted by Gasteiger charge is 2.51. The van der Waals surface area contributed by atoms with Crippen LogP contribution in [0.2, 0.25) is 0 Å². The molecule has 2 heterocycles. The summed E-state index contributed by atoms with van der Waals surface area (Å²) in [5.41, 5.74) is 0.417. The van der Waals surface area contributed by atoms with E-state index in [0.29, 0.717) is 0 Å². The fourth-order valence-electron chi connectivity index (χ4n) is 4.47. The molecule has 4 heteroatoms. The molecule has 0 spiro atoms. The van der Waals surface area contributed by atoms with Gasteiger partial charge in [-0.2, -0.15) is 0 Å². The van der Waals surface area contributed by atoms with Crippen LogP contribution in [0.4, 0.5) is 0 Å². The van der Waals surface area contributed by atoms with E-state index in [1.54, 1.807) is 0 Å². The van der Waals surface area contributed by atoms with Gasteiger partial charge in [0, 0.05) is 20.2 Å². The van der Waals surface area contributed by atoms with E-state index in [1.807, 2.05) is 11.3 Å². The van der Waals surface area contributed by atoms with Gasteiger partial charge in [0.25, 0.3) is 0 Å². The van der Waals surface area contributed by atoms with Crippen molar-refractivity contribution >= 4 is 65.6 Å². The standard InChI is InChI=1S/C26H23BO2S/c1-25(2)26(3,4)29-27(28-25)17-10-14-23-22(15-17)21-13-12-19-18-8-6-5-7-16(18)9-11-20(19)24(21)30-23/h5-15H,1-4H3.